The zero-order valence-electron chi connectivity index (χ0n) is 15.1. The Labute approximate surface area is 173 Å². The van der Waals surface area contributed by atoms with Crippen molar-refractivity contribution >= 4 is 39.8 Å². The Balaban J connectivity index is 1.55. The SMILES string of the molecule is S=C(NCc1ccco1)NC[C@H](c1ccccc1Cl)c1c[nH]c2ccccc12. The summed E-state index contributed by atoms with van der Waals surface area (Å²) >= 11 is 12.0. The molecule has 4 rings (SSSR count). The zero-order chi connectivity index (χ0) is 19.3. The molecule has 4 nitrogen and oxygen atoms in total. The second-order valence-corrected chi connectivity index (χ2v) is 7.32. The Kier molecular flexibility index (Phi) is 5.65. The van der Waals surface area contributed by atoms with E-state index in [4.69, 9.17) is 28.2 Å². The molecule has 6 heteroatoms. The van der Waals surface area contributed by atoms with E-state index >= 15 is 0 Å². The summed E-state index contributed by atoms with van der Waals surface area (Å²) in [5, 5.41) is 9.01. The van der Waals surface area contributed by atoms with Crippen LogP contribution in [0.15, 0.2) is 77.5 Å². The van der Waals surface area contributed by atoms with E-state index in [1.165, 1.54) is 10.9 Å². The standard InChI is InChI=1S/C22H20ClN3OS/c23-20-9-3-1-7-16(20)18(19-13-24-21-10-4-2-8-17(19)21)14-26-22(28)25-12-15-6-5-11-27-15/h1-11,13,18,24H,12,14H2,(H2,25,26,28)/t18-/m1/s1. The van der Waals surface area contributed by atoms with E-state index in [9.17, 15) is 0 Å². The molecule has 0 saturated heterocycles. The molecule has 3 N–H and O–H groups in total. The van der Waals surface area contributed by atoms with Gasteiger partial charge in [0.15, 0.2) is 5.11 Å². The summed E-state index contributed by atoms with van der Waals surface area (Å²) in [6.07, 6.45) is 3.71. The van der Waals surface area contributed by atoms with Crippen molar-refractivity contribution in [2.24, 2.45) is 0 Å². The first-order chi connectivity index (χ1) is 13.7. The van der Waals surface area contributed by atoms with Gasteiger partial charge in [0.2, 0.25) is 0 Å². The van der Waals surface area contributed by atoms with Crippen molar-refractivity contribution in [2.45, 2.75) is 12.5 Å². The summed E-state index contributed by atoms with van der Waals surface area (Å²) in [5.74, 6) is 0.886. The van der Waals surface area contributed by atoms with Crippen LogP contribution < -0.4 is 10.6 Å². The lowest BCUT2D eigenvalue weighted by Crippen LogP contribution is -2.37. The smallest absolute Gasteiger partial charge is 0.166 e. The van der Waals surface area contributed by atoms with Gasteiger partial charge in [-0.25, -0.2) is 0 Å². The molecule has 142 valence electrons. The minimum Gasteiger partial charge on any atom is -0.467 e. The number of benzene rings is 2. The molecule has 0 radical (unpaired) electrons. The average molecular weight is 410 g/mol. The second kappa shape index (κ2) is 8.50. The fraction of sp³-hybridized carbons (Fsp3) is 0.136. The lowest BCUT2D eigenvalue weighted by Gasteiger charge is -2.20. The molecule has 0 bridgehead atoms. The zero-order valence-corrected chi connectivity index (χ0v) is 16.7. The van der Waals surface area contributed by atoms with Crippen LogP contribution in [-0.2, 0) is 6.54 Å². The van der Waals surface area contributed by atoms with Crippen LogP contribution in [0.1, 0.15) is 22.8 Å². The molecule has 0 fully saturated rings. The first-order valence-corrected chi connectivity index (χ1v) is 9.85. The normalized spacial score (nSPS) is 12.0. The molecule has 0 aliphatic heterocycles. The van der Waals surface area contributed by atoms with Crippen molar-refractivity contribution in [2.75, 3.05) is 6.54 Å². The van der Waals surface area contributed by atoms with E-state index in [0.717, 1.165) is 21.9 Å². The molecule has 0 unspecified atom stereocenters. The van der Waals surface area contributed by atoms with Crippen molar-refractivity contribution in [3.05, 3.63) is 95.0 Å². The number of furan rings is 1. The van der Waals surface area contributed by atoms with Crippen LogP contribution in [0.5, 0.6) is 0 Å². The molecule has 0 aliphatic rings. The van der Waals surface area contributed by atoms with E-state index in [-0.39, 0.29) is 5.92 Å². The van der Waals surface area contributed by atoms with Gasteiger partial charge in [0, 0.05) is 34.6 Å². The highest BCUT2D eigenvalue weighted by Gasteiger charge is 2.20. The topological polar surface area (TPSA) is 53.0 Å². The Hall–Kier alpha value is -2.76. The third kappa shape index (κ3) is 4.06. The quantitative estimate of drug-likeness (QED) is 0.382. The fourth-order valence-electron chi connectivity index (χ4n) is 3.37. The lowest BCUT2D eigenvalue weighted by atomic mass is 9.91. The van der Waals surface area contributed by atoms with E-state index in [1.807, 2.05) is 42.5 Å². The highest BCUT2D eigenvalue weighted by Crippen LogP contribution is 2.34. The van der Waals surface area contributed by atoms with Gasteiger partial charge in [-0.3, -0.25) is 0 Å². The van der Waals surface area contributed by atoms with E-state index in [0.29, 0.717) is 18.2 Å². The Morgan fingerprint density at radius 3 is 2.64 bits per heavy atom. The van der Waals surface area contributed by atoms with Crippen LogP contribution in [0.3, 0.4) is 0 Å². The van der Waals surface area contributed by atoms with Crippen molar-refractivity contribution in [1.29, 1.82) is 0 Å². The van der Waals surface area contributed by atoms with Gasteiger partial charge in [-0.15, -0.1) is 0 Å². The first-order valence-electron chi connectivity index (χ1n) is 9.07. The Morgan fingerprint density at radius 2 is 1.82 bits per heavy atom. The summed E-state index contributed by atoms with van der Waals surface area (Å²) in [4.78, 5) is 3.36. The number of hydrogen-bond donors (Lipinski definition) is 3. The first kappa shape index (κ1) is 18.6. The van der Waals surface area contributed by atoms with Crippen molar-refractivity contribution < 1.29 is 4.42 Å². The number of fused-ring (bicyclic) bond motifs is 1. The summed E-state index contributed by atoms with van der Waals surface area (Å²) < 4.78 is 5.33. The molecule has 0 amide bonds. The van der Waals surface area contributed by atoms with Gasteiger partial charge < -0.3 is 20.0 Å². The predicted molar refractivity (Wildman–Crippen MR) is 118 cm³/mol. The average Bonchev–Trinajstić information content (AvgIpc) is 3.38. The number of para-hydroxylation sites is 1. The van der Waals surface area contributed by atoms with Crippen molar-refractivity contribution in [3.8, 4) is 0 Å². The fourth-order valence-corrected chi connectivity index (χ4v) is 3.79. The largest absolute Gasteiger partial charge is 0.467 e. The number of rotatable bonds is 6. The molecule has 28 heavy (non-hydrogen) atoms. The summed E-state index contributed by atoms with van der Waals surface area (Å²) in [6.45, 7) is 1.16. The van der Waals surface area contributed by atoms with Crippen LogP contribution in [0.25, 0.3) is 10.9 Å². The molecule has 4 aromatic rings. The van der Waals surface area contributed by atoms with Gasteiger partial charge in [-0.2, -0.15) is 0 Å². The maximum atomic E-state index is 6.53. The molecule has 0 saturated carbocycles. The highest BCUT2D eigenvalue weighted by molar-refractivity contribution is 7.80. The third-order valence-corrected chi connectivity index (χ3v) is 5.38. The van der Waals surface area contributed by atoms with Crippen LogP contribution in [-0.4, -0.2) is 16.6 Å². The van der Waals surface area contributed by atoms with Crippen LogP contribution >= 0.6 is 23.8 Å². The number of nitrogens with one attached hydrogen (secondary N) is 3. The third-order valence-electron chi connectivity index (χ3n) is 4.75. The predicted octanol–water partition coefficient (Wildman–Crippen LogP) is 5.21. The monoisotopic (exact) mass is 409 g/mol. The molecular weight excluding hydrogens is 390 g/mol. The van der Waals surface area contributed by atoms with Crippen LogP contribution in [0, 0.1) is 0 Å². The number of H-pyrrole nitrogens is 1. The highest BCUT2D eigenvalue weighted by atomic mass is 35.5. The summed E-state index contributed by atoms with van der Waals surface area (Å²) in [7, 11) is 0. The molecule has 2 heterocycles. The number of halogens is 1. The van der Waals surface area contributed by atoms with E-state index in [2.05, 4.69) is 40.0 Å². The molecule has 0 spiro atoms. The lowest BCUT2D eigenvalue weighted by molar-refractivity contribution is 0.502. The van der Waals surface area contributed by atoms with Crippen molar-refractivity contribution in [3.63, 3.8) is 0 Å². The number of thiocarbonyl (C=S) groups is 1. The minimum atomic E-state index is 0.0493. The Morgan fingerprint density at radius 1 is 1.00 bits per heavy atom. The maximum Gasteiger partial charge on any atom is 0.166 e. The van der Waals surface area contributed by atoms with Gasteiger partial charge >= 0.3 is 0 Å². The van der Waals surface area contributed by atoms with Gasteiger partial charge in [0.25, 0.3) is 0 Å². The van der Waals surface area contributed by atoms with Gasteiger partial charge in [0.1, 0.15) is 5.76 Å². The Bertz CT molecular complexity index is 1070. The van der Waals surface area contributed by atoms with Crippen LogP contribution in [0.2, 0.25) is 5.02 Å². The molecule has 1 atom stereocenters. The van der Waals surface area contributed by atoms with Gasteiger partial charge in [-0.1, -0.05) is 48.0 Å². The maximum absolute atomic E-state index is 6.53. The van der Waals surface area contributed by atoms with E-state index < -0.39 is 0 Å². The minimum absolute atomic E-state index is 0.0493. The second-order valence-electron chi connectivity index (χ2n) is 6.51. The van der Waals surface area contributed by atoms with Crippen molar-refractivity contribution in [1.82, 2.24) is 15.6 Å². The number of aromatic amines is 1. The molecule has 0 aliphatic carbocycles. The number of aromatic nitrogens is 1. The molecular formula is C22H20ClN3OS. The van der Waals surface area contributed by atoms with Gasteiger partial charge in [0.05, 0.1) is 12.8 Å². The molecule has 2 aromatic heterocycles. The summed E-state index contributed by atoms with van der Waals surface area (Å²) in [5.41, 5.74) is 3.35. The van der Waals surface area contributed by atoms with Gasteiger partial charge in [-0.05, 0) is 47.6 Å². The van der Waals surface area contributed by atoms with E-state index in [1.54, 1.807) is 6.26 Å². The number of hydrogen-bond acceptors (Lipinski definition) is 2. The molecule has 2 aromatic carbocycles. The van der Waals surface area contributed by atoms with Crippen LogP contribution in [0.4, 0.5) is 0 Å². The summed E-state index contributed by atoms with van der Waals surface area (Å²) in [6, 6.07) is 20.0.